The zero-order valence-electron chi connectivity index (χ0n) is 13.8. The molecule has 0 aliphatic carbocycles. The summed E-state index contributed by atoms with van der Waals surface area (Å²) in [4.78, 5) is 14.1. The third kappa shape index (κ3) is 3.29. The molecule has 2 heterocycles. The maximum absolute atomic E-state index is 12.5. The molecule has 0 saturated carbocycles. The first-order chi connectivity index (χ1) is 11.5. The highest BCUT2D eigenvalue weighted by Crippen LogP contribution is 2.15. The van der Waals surface area contributed by atoms with Crippen molar-refractivity contribution in [2.75, 3.05) is 12.8 Å². The van der Waals surface area contributed by atoms with Crippen LogP contribution in [0.15, 0.2) is 48.8 Å². The summed E-state index contributed by atoms with van der Waals surface area (Å²) in [5.74, 6) is 0.436. The number of amides is 1. The number of rotatable bonds is 5. The second-order valence-corrected chi connectivity index (χ2v) is 5.70. The number of nitrogens with zero attached hydrogens (tertiary/aromatic N) is 5. The Morgan fingerprint density at radius 2 is 2.08 bits per heavy atom. The molecule has 124 valence electrons. The van der Waals surface area contributed by atoms with Crippen molar-refractivity contribution < 1.29 is 4.79 Å². The topological polar surface area (TPSA) is 82.0 Å². The van der Waals surface area contributed by atoms with Crippen LogP contribution in [0.4, 0.5) is 5.82 Å². The molecule has 1 amide bonds. The molecule has 0 aliphatic rings. The molecule has 3 rings (SSSR count). The van der Waals surface area contributed by atoms with E-state index in [1.807, 2.05) is 43.5 Å². The lowest BCUT2D eigenvalue weighted by Gasteiger charge is -2.19. The highest BCUT2D eigenvalue weighted by Gasteiger charge is 2.14. The van der Waals surface area contributed by atoms with E-state index in [0.29, 0.717) is 12.4 Å². The average Bonchev–Trinajstić information content (AvgIpc) is 3.18. The molecule has 0 saturated heterocycles. The van der Waals surface area contributed by atoms with Crippen molar-refractivity contribution in [3.05, 3.63) is 60.0 Å². The van der Waals surface area contributed by atoms with Crippen LogP contribution in [0.25, 0.3) is 5.69 Å². The van der Waals surface area contributed by atoms with Crippen LogP contribution < -0.4 is 5.73 Å². The smallest absolute Gasteiger partial charge is 0.244 e. The number of likely N-dealkylation sites (N-methyl/N-ethyl adjacent to an activating group) is 1. The lowest BCUT2D eigenvalue weighted by atomic mass is 10.1. The van der Waals surface area contributed by atoms with E-state index in [-0.39, 0.29) is 12.5 Å². The van der Waals surface area contributed by atoms with Crippen LogP contribution in [0.3, 0.4) is 0 Å². The van der Waals surface area contributed by atoms with Crippen molar-refractivity contribution in [2.45, 2.75) is 20.0 Å². The van der Waals surface area contributed by atoms with Crippen LogP contribution in [0, 0.1) is 6.92 Å². The number of nitrogen functional groups attached to an aromatic ring is 1. The van der Waals surface area contributed by atoms with Gasteiger partial charge in [0.15, 0.2) is 0 Å². The van der Waals surface area contributed by atoms with Gasteiger partial charge in [-0.1, -0.05) is 18.2 Å². The lowest BCUT2D eigenvalue weighted by Crippen LogP contribution is -2.30. The Kier molecular flexibility index (Phi) is 4.33. The summed E-state index contributed by atoms with van der Waals surface area (Å²) in [7, 11) is 1.77. The van der Waals surface area contributed by atoms with E-state index >= 15 is 0 Å². The van der Waals surface area contributed by atoms with Gasteiger partial charge < -0.3 is 10.6 Å². The molecule has 24 heavy (non-hydrogen) atoms. The van der Waals surface area contributed by atoms with Gasteiger partial charge in [-0.15, -0.1) is 0 Å². The van der Waals surface area contributed by atoms with E-state index in [1.165, 1.54) is 4.68 Å². The molecule has 2 aromatic heterocycles. The summed E-state index contributed by atoms with van der Waals surface area (Å²) >= 11 is 0. The fourth-order valence-corrected chi connectivity index (χ4v) is 2.56. The second-order valence-electron chi connectivity index (χ2n) is 5.70. The molecule has 0 bridgehead atoms. The monoisotopic (exact) mass is 324 g/mol. The number of carbonyl (C=O) groups excluding carboxylic acids is 1. The van der Waals surface area contributed by atoms with Crippen molar-refractivity contribution in [1.29, 1.82) is 0 Å². The number of aromatic nitrogens is 4. The first kappa shape index (κ1) is 15.8. The fraction of sp³-hybridized carbons (Fsp3) is 0.235. The zero-order chi connectivity index (χ0) is 17.1. The van der Waals surface area contributed by atoms with Crippen LogP contribution in [-0.2, 0) is 17.9 Å². The van der Waals surface area contributed by atoms with Gasteiger partial charge in [-0.05, 0) is 24.6 Å². The van der Waals surface area contributed by atoms with E-state index in [2.05, 4.69) is 10.2 Å². The number of aryl methyl sites for hydroxylation is 1. The first-order valence-corrected chi connectivity index (χ1v) is 7.66. The van der Waals surface area contributed by atoms with Crippen molar-refractivity contribution in [2.24, 2.45) is 0 Å². The van der Waals surface area contributed by atoms with Gasteiger partial charge in [-0.3, -0.25) is 4.79 Å². The fourth-order valence-electron chi connectivity index (χ4n) is 2.56. The summed E-state index contributed by atoms with van der Waals surface area (Å²) in [5.41, 5.74) is 8.62. The predicted molar refractivity (Wildman–Crippen MR) is 91.4 cm³/mol. The molecule has 0 spiro atoms. The first-order valence-electron chi connectivity index (χ1n) is 7.66. The van der Waals surface area contributed by atoms with Gasteiger partial charge >= 0.3 is 0 Å². The van der Waals surface area contributed by atoms with E-state index in [1.54, 1.807) is 28.9 Å². The van der Waals surface area contributed by atoms with Gasteiger partial charge in [0.2, 0.25) is 5.91 Å². The van der Waals surface area contributed by atoms with Crippen LogP contribution in [0.1, 0.15) is 11.3 Å². The third-order valence-corrected chi connectivity index (χ3v) is 3.79. The van der Waals surface area contributed by atoms with Gasteiger partial charge in [-0.25, -0.2) is 9.36 Å². The molecule has 7 nitrogen and oxygen atoms in total. The number of benzene rings is 1. The second kappa shape index (κ2) is 6.57. The molecule has 3 aromatic rings. The summed E-state index contributed by atoms with van der Waals surface area (Å²) in [6.07, 6.45) is 3.61. The predicted octanol–water partition coefficient (Wildman–Crippen LogP) is 1.62. The largest absolute Gasteiger partial charge is 0.384 e. The zero-order valence-corrected chi connectivity index (χ0v) is 13.8. The molecule has 7 heteroatoms. The normalized spacial score (nSPS) is 10.8. The Morgan fingerprint density at radius 1 is 1.29 bits per heavy atom. The Labute approximate surface area is 140 Å². The van der Waals surface area contributed by atoms with Gasteiger partial charge in [0.25, 0.3) is 0 Å². The Bertz CT molecular complexity index is 837. The van der Waals surface area contributed by atoms with E-state index < -0.39 is 0 Å². The lowest BCUT2D eigenvalue weighted by molar-refractivity contribution is -0.131. The van der Waals surface area contributed by atoms with Gasteiger partial charge in [-0.2, -0.15) is 10.2 Å². The Morgan fingerprint density at radius 3 is 2.75 bits per heavy atom. The number of para-hydroxylation sites is 1. The molecular weight excluding hydrogens is 304 g/mol. The average molecular weight is 324 g/mol. The van der Waals surface area contributed by atoms with Crippen LogP contribution in [-0.4, -0.2) is 37.4 Å². The minimum atomic E-state index is -0.0555. The van der Waals surface area contributed by atoms with Crippen molar-refractivity contribution >= 4 is 11.7 Å². The molecule has 0 unspecified atom stereocenters. The highest BCUT2D eigenvalue weighted by atomic mass is 16.2. The third-order valence-electron chi connectivity index (χ3n) is 3.79. The number of hydrogen-bond donors (Lipinski definition) is 1. The molecule has 2 N–H and O–H groups in total. The molecule has 0 fully saturated rings. The summed E-state index contributed by atoms with van der Waals surface area (Å²) in [6, 6.07) is 11.5. The van der Waals surface area contributed by atoms with Gasteiger partial charge in [0, 0.05) is 32.1 Å². The minimum absolute atomic E-state index is 0.0555. The van der Waals surface area contributed by atoms with E-state index in [9.17, 15) is 4.79 Å². The highest BCUT2D eigenvalue weighted by molar-refractivity contribution is 5.76. The molecular formula is C17H20N6O. The Balaban J connectivity index is 1.74. The molecule has 1 aromatic carbocycles. The number of hydrogen-bond acceptors (Lipinski definition) is 4. The molecule has 0 aliphatic heterocycles. The summed E-state index contributed by atoms with van der Waals surface area (Å²) in [6.45, 7) is 2.45. The number of nitrogens with two attached hydrogens (primary N) is 1. The van der Waals surface area contributed by atoms with Crippen molar-refractivity contribution in [1.82, 2.24) is 24.5 Å². The van der Waals surface area contributed by atoms with Crippen molar-refractivity contribution in [3.8, 4) is 5.69 Å². The van der Waals surface area contributed by atoms with Gasteiger partial charge in [0.1, 0.15) is 12.4 Å². The molecule has 0 radical (unpaired) electrons. The Hall–Kier alpha value is -3.09. The summed E-state index contributed by atoms with van der Waals surface area (Å²) < 4.78 is 3.32. The van der Waals surface area contributed by atoms with Crippen LogP contribution in [0.5, 0.6) is 0 Å². The van der Waals surface area contributed by atoms with Crippen molar-refractivity contribution in [3.63, 3.8) is 0 Å². The maximum Gasteiger partial charge on any atom is 0.244 e. The standard InChI is InChI=1S/C17H20N6O/c1-13-10-16(18)23(20-13)12-17(24)21(2)11-14-6-3-4-7-15(14)22-9-5-8-19-22/h3-10H,11-12,18H2,1-2H3. The summed E-state index contributed by atoms with van der Waals surface area (Å²) in [5, 5.41) is 8.49. The van der Waals surface area contributed by atoms with Gasteiger partial charge in [0.05, 0.1) is 11.4 Å². The number of carbonyl (C=O) groups is 1. The quantitative estimate of drug-likeness (QED) is 0.773. The molecule has 0 atom stereocenters. The number of anilines is 1. The minimum Gasteiger partial charge on any atom is -0.384 e. The van der Waals surface area contributed by atoms with E-state index in [0.717, 1.165) is 16.9 Å². The maximum atomic E-state index is 12.5. The van der Waals surface area contributed by atoms with Crippen LogP contribution in [0.2, 0.25) is 0 Å². The SMILES string of the molecule is Cc1cc(N)n(CC(=O)N(C)Cc2ccccc2-n2cccn2)n1. The van der Waals surface area contributed by atoms with Crippen LogP contribution >= 0.6 is 0 Å². The van der Waals surface area contributed by atoms with E-state index in [4.69, 9.17) is 5.73 Å².